The Morgan fingerprint density at radius 2 is 2.43 bits per heavy atom. The lowest BCUT2D eigenvalue weighted by molar-refractivity contribution is 0.112. The summed E-state index contributed by atoms with van der Waals surface area (Å²) in [7, 11) is 0. The van der Waals surface area contributed by atoms with Gasteiger partial charge in [0, 0.05) is 18.2 Å². The molecule has 0 aromatic carbocycles. The summed E-state index contributed by atoms with van der Waals surface area (Å²) in [5, 5.41) is 0. The molecule has 1 aromatic rings. The van der Waals surface area contributed by atoms with Crippen LogP contribution in [0.4, 0.5) is 0 Å². The highest BCUT2D eigenvalue weighted by molar-refractivity contribution is 5.78. The molecule has 0 aliphatic heterocycles. The molecule has 72 valence electrons. The highest BCUT2D eigenvalue weighted by Crippen LogP contribution is 2.00. The number of hydrogen-bond donors (Lipinski definition) is 0. The molecule has 0 amide bonds. The van der Waals surface area contributed by atoms with Gasteiger partial charge in [-0.2, -0.15) is 0 Å². The number of unbranched alkanes of at least 4 members (excludes halogenated alkanes) is 2. The first-order chi connectivity index (χ1) is 6.88. The van der Waals surface area contributed by atoms with Gasteiger partial charge in [-0.3, -0.25) is 4.79 Å². The van der Waals surface area contributed by atoms with E-state index in [1.54, 1.807) is 18.3 Å². The normalized spacial score (nSPS) is 8.93. The Morgan fingerprint density at radius 3 is 3.14 bits per heavy atom. The first-order valence-electron chi connectivity index (χ1n) is 4.77. The summed E-state index contributed by atoms with van der Waals surface area (Å²) in [4.78, 5) is 14.7. The highest BCUT2D eigenvalue weighted by atomic mass is 16.1. The zero-order valence-corrected chi connectivity index (χ0v) is 8.29. The van der Waals surface area contributed by atoms with Crippen LogP contribution < -0.4 is 0 Å². The molecule has 0 bridgehead atoms. The number of rotatable bonds is 3. The van der Waals surface area contributed by atoms with Gasteiger partial charge in [-0.25, -0.2) is 4.98 Å². The number of pyridine rings is 1. The molecule has 2 heteroatoms. The first kappa shape index (κ1) is 10.5. The zero-order chi connectivity index (χ0) is 10.2. The van der Waals surface area contributed by atoms with E-state index >= 15 is 0 Å². The van der Waals surface area contributed by atoms with E-state index in [4.69, 9.17) is 0 Å². The molecule has 0 aliphatic rings. The molecule has 0 saturated carbocycles. The lowest BCUT2D eigenvalue weighted by atomic mass is 10.2. The minimum absolute atomic E-state index is 0.566. The largest absolute Gasteiger partial charge is 0.298 e. The molecule has 0 fully saturated rings. The molecular weight excluding hydrogens is 174 g/mol. The molecule has 1 aromatic heterocycles. The zero-order valence-electron chi connectivity index (χ0n) is 8.29. The average Bonchev–Trinajstić information content (AvgIpc) is 2.25. The van der Waals surface area contributed by atoms with Crippen molar-refractivity contribution in [3.8, 4) is 11.8 Å². The molecule has 0 N–H and O–H groups in total. The van der Waals surface area contributed by atoms with Crippen molar-refractivity contribution in [3.63, 3.8) is 0 Å². The number of aldehydes is 1. The summed E-state index contributed by atoms with van der Waals surface area (Å²) in [6.07, 6.45) is 5.53. The smallest absolute Gasteiger partial charge is 0.152 e. The fraction of sp³-hybridized carbons (Fsp3) is 0.333. The Labute approximate surface area is 84.4 Å². The second kappa shape index (κ2) is 5.93. The Morgan fingerprint density at radius 1 is 1.57 bits per heavy atom. The van der Waals surface area contributed by atoms with E-state index in [9.17, 15) is 4.79 Å². The molecule has 0 atom stereocenters. The van der Waals surface area contributed by atoms with E-state index in [1.807, 2.05) is 0 Å². The van der Waals surface area contributed by atoms with Crippen LogP contribution in [-0.4, -0.2) is 11.3 Å². The maximum absolute atomic E-state index is 10.6. The van der Waals surface area contributed by atoms with E-state index < -0.39 is 0 Å². The summed E-state index contributed by atoms with van der Waals surface area (Å²) in [5.74, 6) is 5.91. The summed E-state index contributed by atoms with van der Waals surface area (Å²) < 4.78 is 0. The van der Waals surface area contributed by atoms with Crippen molar-refractivity contribution in [2.75, 3.05) is 0 Å². The van der Waals surface area contributed by atoms with Gasteiger partial charge >= 0.3 is 0 Å². The maximum Gasteiger partial charge on any atom is 0.152 e. The van der Waals surface area contributed by atoms with Crippen molar-refractivity contribution in [2.45, 2.75) is 26.2 Å². The van der Waals surface area contributed by atoms with E-state index in [2.05, 4.69) is 23.7 Å². The van der Waals surface area contributed by atoms with Crippen LogP contribution in [0.2, 0.25) is 0 Å². The quantitative estimate of drug-likeness (QED) is 0.413. The van der Waals surface area contributed by atoms with Gasteiger partial charge in [-0.15, -0.1) is 0 Å². The van der Waals surface area contributed by atoms with Crippen LogP contribution in [0.25, 0.3) is 0 Å². The molecular formula is C12H13NO. The number of hydrogen-bond acceptors (Lipinski definition) is 2. The maximum atomic E-state index is 10.6. The van der Waals surface area contributed by atoms with Gasteiger partial charge in [-0.05, 0) is 24.5 Å². The minimum atomic E-state index is 0.566. The van der Waals surface area contributed by atoms with Crippen molar-refractivity contribution in [2.24, 2.45) is 0 Å². The molecule has 2 nitrogen and oxygen atoms in total. The van der Waals surface area contributed by atoms with Crippen molar-refractivity contribution < 1.29 is 4.79 Å². The van der Waals surface area contributed by atoms with E-state index in [0.717, 1.165) is 25.5 Å². The van der Waals surface area contributed by atoms with Gasteiger partial charge < -0.3 is 0 Å². The number of carbonyl (C=O) groups is 1. The van der Waals surface area contributed by atoms with Gasteiger partial charge in [0.25, 0.3) is 0 Å². The molecule has 0 radical (unpaired) electrons. The summed E-state index contributed by atoms with van der Waals surface area (Å²) in [6.45, 7) is 2.12. The number of carbonyl (C=O) groups excluding carboxylic acids is 1. The number of nitrogens with zero attached hydrogens (tertiary/aromatic N) is 1. The van der Waals surface area contributed by atoms with Crippen molar-refractivity contribution >= 4 is 6.29 Å². The standard InChI is InChI=1S/C12H13NO/c1-2-3-4-5-8-12-11(10-14)7-6-9-13-12/h6-7,9-10H,2-4H2,1H3. The molecule has 0 saturated heterocycles. The molecule has 14 heavy (non-hydrogen) atoms. The second-order valence-corrected chi connectivity index (χ2v) is 2.96. The predicted molar refractivity (Wildman–Crippen MR) is 56.0 cm³/mol. The van der Waals surface area contributed by atoms with E-state index in [1.165, 1.54) is 0 Å². The first-order valence-corrected chi connectivity index (χ1v) is 4.77. The van der Waals surface area contributed by atoms with E-state index in [0.29, 0.717) is 11.3 Å². The van der Waals surface area contributed by atoms with Gasteiger partial charge in [0.15, 0.2) is 6.29 Å². The molecule has 0 spiro atoms. The predicted octanol–water partition coefficient (Wildman–Crippen LogP) is 2.44. The summed E-state index contributed by atoms with van der Waals surface area (Å²) in [5.41, 5.74) is 1.15. The van der Waals surface area contributed by atoms with Crippen molar-refractivity contribution in [1.29, 1.82) is 0 Å². The summed E-state index contributed by atoms with van der Waals surface area (Å²) >= 11 is 0. The van der Waals surface area contributed by atoms with Crippen LogP contribution in [0, 0.1) is 11.8 Å². The Balaban J connectivity index is 2.73. The van der Waals surface area contributed by atoms with Crippen molar-refractivity contribution in [1.82, 2.24) is 4.98 Å². The summed E-state index contributed by atoms with van der Waals surface area (Å²) in [6, 6.07) is 3.46. The van der Waals surface area contributed by atoms with Gasteiger partial charge in [0.2, 0.25) is 0 Å². The Hall–Kier alpha value is -1.62. The van der Waals surface area contributed by atoms with Gasteiger partial charge in [0.1, 0.15) is 5.69 Å². The van der Waals surface area contributed by atoms with Crippen LogP contribution in [0.1, 0.15) is 42.2 Å². The van der Waals surface area contributed by atoms with Crippen LogP contribution in [0.3, 0.4) is 0 Å². The Kier molecular flexibility index (Phi) is 4.43. The van der Waals surface area contributed by atoms with Gasteiger partial charge in [-0.1, -0.05) is 19.3 Å². The second-order valence-electron chi connectivity index (χ2n) is 2.96. The topological polar surface area (TPSA) is 30.0 Å². The number of aromatic nitrogens is 1. The van der Waals surface area contributed by atoms with Crippen LogP contribution >= 0.6 is 0 Å². The third-order valence-electron chi connectivity index (χ3n) is 1.83. The fourth-order valence-corrected chi connectivity index (χ4v) is 1.03. The lowest BCUT2D eigenvalue weighted by Gasteiger charge is -1.92. The minimum Gasteiger partial charge on any atom is -0.298 e. The monoisotopic (exact) mass is 187 g/mol. The van der Waals surface area contributed by atoms with Crippen molar-refractivity contribution in [3.05, 3.63) is 29.6 Å². The molecule has 0 unspecified atom stereocenters. The lowest BCUT2D eigenvalue weighted by Crippen LogP contribution is -1.89. The molecule has 1 heterocycles. The van der Waals surface area contributed by atoms with E-state index in [-0.39, 0.29) is 0 Å². The highest BCUT2D eigenvalue weighted by Gasteiger charge is 1.96. The Bertz CT molecular complexity index is 360. The van der Waals surface area contributed by atoms with Crippen LogP contribution in [0.5, 0.6) is 0 Å². The molecule has 0 aliphatic carbocycles. The fourth-order valence-electron chi connectivity index (χ4n) is 1.03. The van der Waals surface area contributed by atoms with Crippen LogP contribution in [0.15, 0.2) is 18.3 Å². The molecule has 1 rings (SSSR count). The SMILES string of the molecule is CCCCC#Cc1ncccc1C=O. The third-order valence-corrected chi connectivity index (χ3v) is 1.83. The average molecular weight is 187 g/mol. The third kappa shape index (κ3) is 3.02. The van der Waals surface area contributed by atoms with Gasteiger partial charge in [0.05, 0.1) is 0 Å². The van der Waals surface area contributed by atoms with Crippen LogP contribution in [-0.2, 0) is 0 Å².